The number of hydrogen-bond acceptors (Lipinski definition) is 5. The number of benzene rings is 1. The fourth-order valence-electron chi connectivity index (χ4n) is 3.09. The third-order valence-corrected chi connectivity index (χ3v) is 6.25. The van der Waals surface area contributed by atoms with Crippen LogP contribution in [0.2, 0.25) is 0 Å². The van der Waals surface area contributed by atoms with Crippen LogP contribution in [0.1, 0.15) is 22.5 Å². The van der Waals surface area contributed by atoms with Crippen LogP contribution in [0.15, 0.2) is 54.9 Å². The molecule has 3 heterocycles. The molecule has 27 heavy (non-hydrogen) atoms. The van der Waals surface area contributed by atoms with Crippen molar-refractivity contribution < 1.29 is 17.9 Å². The van der Waals surface area contributed by atoms with Gasteiger partial charge in [-0.05, 0) is 42.8 Å². The zero-order valence-corrected chi connectivity index (χ0v) is 15.4. The number of carbonyl (C=O) groups is 1. The molecule has 8 heteroatoms. The van der Waals surface area contributed by atoms with Crippen LogP contribution in [0.25, 0.3) is 5.65 Å². The molecule has 1 atom stereocenters. The van der Waals surface area contributed by atoms with Gasteiger partial charge < -0.3 is 14.5 Å². The Bertz CT molecular complexity index is 1040. The number of carbonyl (C=O) groups excluding carboxylic acids is 1. The standard InChI is InChI=1S/C19H19N3O4S/c23-19(21-15-8-10-27(24,25)13-15)14-4-6-17(7-5-14)26-12-16-11-22-9-2-1-3-18(22)20-16/h1-7,9,11,15H,8,10,12-13H2,(H,21,23). The number of nitrogens with one attached hydrogen (secondary N) is 1. The van der Waals surface area contributed by atoms with Crippen molar-refractivity contribution in [1.82, 2.24) is 14.7 Å². The number of amides is 1. The summed E-state index contributed by atoms with van der Waals surface area (Å²) in [5, 5.41) is 2.77. The Morgan fingerprint density at radius 3 is 2.74 bits per heavy atom. The first-order chi connectivity index (χ1) is 13.0. The molecule has 1 amide bonds. The van der Waals surface area contributed by atoms with Crippen molar-refractivity contribution in [2.24, 2.45) is 0 Å². The third kappa shape index (κ3) is 4.11. The molecule has 1 N–H and O–H groups in total. The van der Waals surface area contributed by atoms with Crippen LogP contribution in [0.4, 0.5) is 0 Å². The molecular weight excluding hydrogens is 366 g/mol. The SMILES string of the molecule is O=C(NC1CCS(=O)(=O)C1)c1ccc(OCc2cn3ccccc3n2)cc1. The van der Waals surface area contributed by atoms with Crippen molar-refractivity contribution in [2.75, 3.05) is 11.5 Å². The second-order valence-corrected chi connectivity index (χ2v) is 8.81. The highest BCUT2D eigenvalue weighted by molar-refractivity contribution is 7.91. The summed E-state index contributed by atoms with van der Waals surface area (Å²) in [7, 11) is -3.02. The van der Waals surface area contributed by atoms with Gasteiger partial charge in [0.1, 0.15) is 18.0 Å². The largest absolute Gasteiger partial charge is 0.487 e. The lowest BCUT2D eigenvalue weighted by molar-refractivity contribution is 0.0941. The van der Waals surface area contributed by atoms with Crippen LogP contribution >= 0.6 is 0 Å². The van der Waals surface area contributed by atoms with E-state index in [-0.39, 0.29) is 23.5 Å². The van der Waals surface area contributed by atoms with Gasteiger partial charge in [0.15, 0.2) is 9.84 Å². The summed E-state index contributed by atoms with van der Waals surface area (Å²) in [6.07, 6.45) is 4.30. The highest BCUT2D eigenvalue weighted by Crippen LogP contribution is 2.16. The van der Waals surface area contributed by atoms with Gasteiger partial charge in [-0.1, -0.05) is 6.07 Å². The smallest absolute Gasteiger partial charge is 0.251 e. The van der Waals surface area contributed by atoms with E-state index < -0.39 is 9.84 Å². The van der Waals surface area contributed by atoms with Gasteiger partial charge >= 0.3 is 0 Å². The van der Waals surface area contributed by atoms with Crippen molar-refractivity contribution in [3.8, 4) is 5.75 Å². The van der Waals surface area contributed by atoms with Crippen molar-refractivity contribution >= 4 is 21.4 Å². The van der Waals surface area contributed by atoms with Gasteiger partial charge in [-0.15, -0.1) is 0 Å². The zero-order valence-electron chi connectivity index (χ0n) is 14.5. The zero-order chi connectivity index (χ0) is 18.9. The molecule has 140 valence electrons. The minimum atomic E-state index is -3.02. The fraction of sp³-hybridized carbons (Fsp3) is 0.263. The predicted octanol–water partition coefficient (Wildman–Crippen LogP) is 1.83. The molecule has 1 fully saturated rings. The van der Waals surface area contributed by atoms with Crippen LogP contribution in [0, 0.1) is 0 Å². The quantitative estimate of drug-likeness (QED) is 0.724. The summed E-state index contributed by atoms with van der Waals surface area (Å²) in [6.45, 7) is 0.327. The molecule has 1 aliphatic heterocycles. The number of hydrogen-bond donors (Lipinski definition) is 1. The van der Waals surface area contributed by atoms with Crippen LogP contribution in [-0.2, 0) is 16.4 Å². The number of nitrogens with zero attached hydrogens (tertiary/aromatic N) is 2. The molecule has 1 unspecified atom stereocenters. The van der Waals surface area contributed by atoms with E-state index in [0.29, 0.717) is 24.3 Å². The van der Waals surface area contributed by atoms with Crippen molar-refractivity contribution in [2.45, 2.75) is 19.1 Å². The number of pyridine rings is 1. The highest BCUT2D eigenvalue weighted by Gasteiger charge is 2.29. The number of rotatable bonds is 5. The number of imidazole rings is 1. The van der Waals surface area contributed by atoms with E-state index in [4.69, 9.17) is 4.74 Å². The van der Waals surface area contributed by atoms with Crippen LogP contribution in [0.5, 0.6) is 5.75 Å². The van der Waals surface area contributed by atoms with E-state index in [1.165, 1.54) is 0 Å². The minimum Gasteiger partial charge on any atom is -0.487 e. The molecule has 0 radical (unpaired) electrons. The van der Waals surface area contributed by atoms with Gasteiger partial charge in [0.25, 0.3) is 5.91 Å². The Balaban J connectivity index is 1.35. The van der Waals surface area contributed by atoms with Crippen molar-refractivity contribution in [3.05, 3.63) is 66.1 Å². The van der Waals surface area contributed by atoms with Gasteiger partial charge in [-0.3, -0.25) is 4.79 Å². The molecule has 3 aromatic rings. The Hall–Kier alpha value is -2.87. The average Bonchev–Trinajstić information content (AvgIpc) is 3.22. The number of aromatic nitrogens is 2. The molecule has 0 spiro atoms. The van der Waals surface area contributed by atoms with E-state index in [1.54, 1.807) is 24.3 Å². The summed E-state index contributed by atoms with van der Waals surface area (Å²) in [4.78, 5) is 16.7. The maximum absolute atomic E-state index is 12.2. The summed E-state index contributed by atoms with van der Waals surface area (Å²) < 4.78 is 30.6. The van der Waals surface area contributed by atoms with Crippen LogP contribution in [-0.4, -0.2) is 41.3 Å². The Kier molecular flexibility index (Phi) is 4.57. The molecule has 7 nitrogen and oxygen atoms in total. The normalized spacial score (nSPS) is 18.4. The molecule has 4 rings (SSSR count). The van der Waals surface area contributed by atoms with Gasteiger partial charge in [0.05, 0.1) is 17.2 Å². The van der Waals surface area contributed by atoms with Gasteiger partial charge in [-0.25, -0.2) is 13.4 Å². The van der Waals surface area contributed by atoms with Gasteiger partial charge in [-0.2, -0.15) is 0 Å². The highest BCUT2D eigenvalue weighted by atomic mass is 32.2. The van der Waals surface area contributed by atoms with E-state index in [9.17, 15) is 13.2 Å². The molecule has 2 aromatic heterocycles. The lowest BCUT2D eigenvalue weighted by Gasteiger charge is -2.11. The Morgan fingerprint density at radius 2 is 2.04 bits per heavy atom. The number of ether oxygens (including phenoxy) is 1. The van der Waals surface area contributed by atoms with E-state index in [2.05, 4.69) is 10.3 Å². The van der Waals surface area contributed by atoms with Crippen LogP contribution < -0.4 is 10.1 Å². The molecule has 0 saturated carbocycles. The number of fused-ring (bicyclic) bond motifs is 1. The van der Waals surface area contributed by atoms with Crippen LogP contribution in [0.3, 0.4) is 0 Å². The fourth-order valence-corrected chi connectivity index (χ4v) is 4.77. The Morgan fingerprint density at radius 1 is 1.22 bits per heavy atom. The topological polar surface area (TPSA) is 89.8 Å². The maximum Gasteiger partial charge on any atom is 0.251 e. The number of sulfone groups is 1. The minimum absolute atomic E-state index is 0.0128. The molecule has 1 saturated heterocycles. The lowest BCUT2D eigenvalue weighted by Crippen LogP contribution is -2.35. The van der Waals surface area contributed by atoms with E-state index in [1.807, 2.05) is 35.0 Å². The molecule has 0 aliphatic carbocycles. The first kappa shape index (κ1) is 17.5. The summed E-state index contributed by atoms with van der Waals surface area (Å²) in [6, 6.07) is 12.2. The summed E-state index contributed by atoms with van der Waals surface area (Å²) in [5.41, 5.74) is 2.14. The average molecular weight is 385 g/mol. The molecule has 1 aromatic carbocycles. The second kappa shape index (κ2) is 7.03. The summed E-state index contributed by atoms with van der Waals surface area (Å²) >= 11 is 0. The lowest BCUT2D eigenvalue weighted by atomic mass is 10.2. The van der Waals surface area contributed by atoms with Crippen molar-refractivity contribution in [1.29, 1.82) is 0 Å². The van der Waals surface area contributed by atoms with E-state index in [0.717, 1.165) is 11.3 Å². The first-order valence-corrected chi connectivity index (χ1v) is 10.5. The van der Waals surface area contributed by atoms with Crippen molar-refractivity contribution in [3.63, 3.8) is 0 Å². The molecular formula is C19H19N3O4S. The molecule has 1 aliphatic rings. The third-order valence-electron chi connectivity index (χ3n) is 4.48. The summed E-state index contributed by atoms with van der Waals surface area (Å²) in [5.74, 6) is 0.503. The van der Waals surface area contributed by atoms with Gasteiger partial charge in [0, 0.05) is 24.0 Å². The molecule has 0 bridgehead atoms. The first-order valence-electron chi connectivity index (χ1n) is 8.65. The second-order valence-electron chi connectivity index (χ2n) is 6.58. The van der Waals surface area contributed by atoms with E-state index >= 15 is 0 Å². The van der Waals surface area contributed by atoms with Gasteiger partial charge in [0.2, 0.25) is 0 Å². The Labute approximate surface area is 156 Å². The predicted molar refractivity (Wildman–Crippen MR) is 100 cm³/mol. The maximum atomic E-state index is 12.2. The monoisotopic (exact) mass is 385 g/mol.